The van der Waals surface area contributed by atoms with E-state index in [0.717, 1.165) is 22.6 Å². The van der Waals surface area contributed by atoms with Gasteiger partial charge in [0.25, 0.3) is 5.91 Å². The van der Waals surface area contributed by atoms with E-state index in [9.17, 15) is 4.79 Å². The normalized spacial score (nSPS) is 17.6. The van der Waals surface area contributed by atoms with Crippen LogP contribution in [0.2, 0.25) is 0 Å². The summed E-state index contributed by atoms with van der Waals surface area (Å²) in [5.74, 6) is 2.01. The highest BCUT2D eigenvalue weighted by Gasteiger charge is 2.34. The van der Waals surface area contributed by atoms with Gasteiger partial charge in [0.1, 0.15) is 22.8 Å². The molecule has 0 spiro atoms. The Kier molecular flexibility index (Phi) is 5.07. The molecule has 26 heavy (non-hydrogen) atoms. The summed E-state index contributed by atoms with van der Waals surface area (Å²) in [5, 5.41) is 3.07. The minimum atomic E-state index is -0.380. The Labute approximate surface area is 154 Å². The summed E-state index contributed by atoms with van der Waals surface area (Å²) >= 11 is 0. The number of benzene rings is 2. The Balaban J connectivity index is 1.69. The van der Waals surface area contributed by atoms with E-state index in [1.165, 1.54) is 0 Å². The van der Waals surface area contributed by atoms with Crippen molar-refractivity contribution in [2.75, 3.05) is 13.7 Å². The van der Waals surface area contributed by atoms with Gasteiger partial charge in [0.15, 0.2) is 6.61 Å². The van der Waals surface area contributed by atoms with Gasteiger partial charge in [-0.25, -0.2) is 0 Å². The van der Waals surface area contributed by atoms with Gasteiger partial charge in [-0.15, -0.1) is 0 Å². The summed E-state index contributed by atoms with van der Waals surface area (Å²) in [6.07, 6.45) is 0.683. The highest BCUT2D eigenvalue weighted by Crippen LogP contribution is 2.41. The predicted octanol–water partition coefficient (Wildman–Crippen LogP) is 3.80. The van der Waals surface area contributed by atoms with Gasteiger partial charge in [0.05, 0.1) is 13.2 Å². The molecule has 2 aromatic carbocycles. The summed E-state index contributed by atoms with van der Waals surface area (Å²) in [6.45, 7) is 5.99. The maximum atomic E-state index is 12.4. The molecule has 0 bridgehead atoms. The number of hydrogen-bond donors (Lipinski definition) is 1. The zero-order chi connectivity index (χ0) is 18.7. The number of aryl methyl sites for hydroxylation is 1. The van der Waals surface area contributed by atoms with E-state index in [0.29, 0.717) is 12.2 Å². The van der Waals surface area contributed by atoms with Crippen molar-refractivity contribution >= 4 is 5.91 Å². The molecule has 138 valence electrons. The van der Waals surface area contributed by atoms with Crippen molar-refractivity contribution < 1.29 is 19.0 Å². The zero-order valence-corrected chi connectivity index (χ0v) is 15.7. The zero-order valence-electron chi connectivity index (χ0n) is 15.7. The average molecular weight is 355 g/mol. The van der Waals surface area contributed by atoms with Crippen LogP contribution in [-0.4, -0.2) is 25.2 Å². The fraction of sp³-hybridized carbons (Fsp3) is 0.381. The van der Waals surface area contributed by atoms with Gasteiger partial charge in [-0.3, -0.25) is 4.79 Å². The summed E-state index contributed by atoms with van der Waals surface area (Å²) in [5.41, 5.74) is 1.67. The molecule has 0 radical (unpaired) electrons. The van der Waals surface area contributed by atoms with Gasteiger partial charge in [-0.2, -0.15) is 0 Å². The van der Waals surface area contributed by atoms with E-state index in [4.69, 9.17) is 14.2 Å². The number of methoxy groups -OCH3 is 1. The molecule has 1 aliphatic heterocycles. The standard InChI is InChI=1S/C21H25NO4/c1-14-6-5-7-16(10-14)25-13-20(23)22-18-12-21(2,3)26-19-11-15(24-4)8-9-17(18)19/h5-11,18H,12-13H2,1-4H3,(H,22,23)/t18-/m0/s1. The Bertz CT molecular complexity index is 800. The van der Waals surface area contributed by atoms with Crippen LogP contribution in [0, 0.1) is 6.92 Å². The molecule has 0 saturated carbocycles. The quantitative estimate of drug-likeness (QED) is 0.886. The van der Waals surface area contributed by atoms with Crippen molar-refractivity contribution in [1.82, 2.24) is 5.32 Å². The molecule has 0 saturated heterocycles. The first-order chi connectivity index (χ1) is 12.4. The highest BCUT2D eigenvalue weighted by molar-refractivity contribution is 5.78. The second-order valence-electron chi connectivity index (χ2n) is 7.19. The molecule has 5 nitrogen and oxygen atoms in total. The second kappa shape index (κ2) is 7.28. The monoisotopic (exact) mass is 355 g/mol. The molecule has 1 N–H and O–H groups in total. The highest BCUT2D eigenvalue weighted by atomic mass is 16.5. The number of rotatable bonds is 5. The Morgan fingerprint density at radius 3 is 2.77 bits per heavy atom. The maximum absolute atomic E-state index is 12.4. The number of ether oxygens (including phenoxy) is 3. The van der Waals surface area contributed by atoms with Crippen LogP contribution >= 0.6 is 0 Å². The first-order valence-electron chi connectivity index (χ1n) is 8.72. The number of amides is 1. The number of carbonyl (C=O) groups is 1. The molecular formula is C21H25NO4. The van der Waals surface area contributed by atoms with Crippen LogP contribution in [0.5, 0.6) is 17.2 Å². The summed E-state index contributed by atoms with van der Waals surface area (Å²) in [6, 6.07) is 13.2. The maximum Gasteiger partial charge on any atom is 0.258 e. The smallest absolute Gasteiger partial charge is 0.258 e. The molecule has 1 heterocycles. The Morgan fingerprint density at radius 2 is 2.04 bits per heavy atom. The third-order valence-electron chi connectivity index (χ3n) is 4.37. The third kappa shape index (κ3) is 4.28. The largest absolute Gasteiger partial charge is 0.497 e. The molecular weight excluding hydrogens is 330 g/mol. The third-order valence-corrected chi connectivity index (χ3v) is 4.37. The van der Waals surface area contributed by atoms with E-state index in [2.05, 4.69) is 5.32 Å². The lowest BCUT2D eigenvalue weighted by Crippen LogP contribution is -2.42. The van der Waals surface area contributed by atoms with Crippen molar-refractivity contribution in [3.8, 4) is 17.2 Å². The molecule has 1 aliphatic rings. The first-order valence-corrected chi connectivity index (χ1v) is 8.72. The van der Waals surface area contributed by atoms with Crippen molar-refractivity contribution in [2.24, 2.45) is 0 Å². The molecule has 1 amide bonds. The lowest BCUT2D eigenvalue weighted by molar-refractivity contribution is -0.124. The van der Waals surface area contributed by atoms with E-state index < -0.39 is 0 Å². The molecule has 0 unspecified atom stereocenters. The van der Waals surface area contributed by atoms with Gasteiger partial charge < -0.3 is 19.5 Å². The van der Waals surface area contributed by atoms with Crippen molar-refractivity contribution in [1.29, 1.82) is 0 Å². The topological polar surface area (TPSA) is 56.8 Å². The lowest BCUT2D eigenvalue weighted by Gasteiger charge is -2.38. The lowest BCUT2D eigenvalue weighted by atomic mass is 9.89. The summed E-state index contributed by atoms with van der Waals surface area (Å²) in [7, 11) is 1.62. The van der Waals surface area contributed by atoms with Crippen LogP contribution in [0.1, 0.15) is 37.4 Å². The van der Waals surface area contributed by atoms with E-state index in [1.54, 1.807) is 7.11 Å². The van der Waals surface area contributed by atoms with Gasteiger partial charge in [-0.1, -0.05) is 12.1 Å². The van der Waals surface area contributed by atoms with Crippen LogP contribution in [0.3, 0.4) is 0 Å². The van der Waals surface area contributed by atoms with Crippen LogP contribution in [0.4, 0.5) is 0 Å². The second-order valence-corrected chi connectivity index (χ2v) is 7.19. The fourth-order valence-corrected chi connectivity index (χ4v) is 3.18. The van der Waals surface area contributed by atoms with Gasteiger partial charge in [-0.05, 0) is 50.6 Å². The molecule has 3 rings (SSSR count). The van der Waals surface area contributed by atoms with Crippen LogP contribution in [-0.2, 0) is 4.79 Å². The Morgan fingerprint density at radius 1 is 1.23 bits per heavy atom. The number of carbonyl (C=O) groups excluding carboxylic acids is 1. The molecule has 5 heteroatoms. The fourth-order valence-electron chi connectivity index (χ4n) is 3.18. The molecule has 1 atom stereocenters. The SMILES string of the molecule is COc1ccc2c(c1)OC(C)(C)C[C@@H]2NC(=O)COc1cccc(C)c1. The van der Waals surface area contributed by atoms with Gasteiger partial charge in [0.2, 0.25) is 0 Å². The van der Waals surface area contributed by atoms with Crippen molar-refractivity contribution in [2.45, 2.75) is 38.8 Å². The number of fused-ring (bicyclic) bond motifs is 1. The van der Waals surface area contributed by atoms with Crippen molar-refractivity contribution in [3.05, 3.63) is 53.6 Å². The summed E-state index contributed by atoms with van der Waals surface area (Å²) < 4.78 is 16.9. The van der Waals surface area contributed by atoms with Crippen molar-refractivity contribution in [3.63, 3.8) is 0 Å². The molecule has 0 fully saturated rings. The predicted molar refractivity (Wildman–Crippen MR) is 99.9 cm³/mol. The van der Waals surface area contributed by atoms with E-state index >= 15 is 0 Å². The molecule has 2 aromatic rings. The first kappa shape index (κ1) is 18.1. The van der Waals surface area contributed by atoms with Gasteiger partial charge in [0, 0.05) is 18.1 Å². The minimum Gasteiger partial charge on any atom is -0.497 e. The van der Waals surface area contributed by atoms with E-state index in [1.807, 2.05) is 63.2 Å². The molecule has 0 aliphatic carbocycles. The van der Waals surface area contributed by atoms with Crippen LogP contribution in [0.15, 0.2) is 42.5 Å². The molecule has 0 aromatic heterocycles. The number of hydrogen-bond acceptors (Lipinski definition) is 4. The number of nitrogens with one attached hydrogen (secondary N) is 1. The van der Waals surface area contributed by atoms with Gasteiger partial charge >= 0.3 is 0 Å². The average Bonchev–Trinajstić information content (AvgIpc) is 2.58. The van der Waals surface area contributed by atoms with Crippen LogP contribution < -0.4 is 19.5 Å². The van der Waals surface area contributed by atoms with Crippen LogP contribution in [0.25, 0.3) is 0 Å². The van der Waals surface area contributed by atoms with E-state index in [-0.39, 0.29) is 24.2 Å². The summed E-state index contributed by atoms with van der Waals surface area (Å²) in [4.78, 5) is 12.4. The minimum absolute atomic E-state index is 0.0211. The Hall–Kier alpha value is -2.69.